The molecule has 1 N–H and O–H groups in total. The molecule has 1 aromatic carbocycles. The smallest absolute Gasteiger partial charge is 0.357 e. The summed E-state index contributed by atoms with van der Waals surface area (Å²) in [6, 6.07) is 6.61. The first-order chi connectivity index (χ1) is 13.9. The van der Waals surface area contributed by atoms with Crippen LogP contribution in [0.5, 0.6) is 0 Å². The van der Waals surface area contributed by atoms with Gasteiger partial charge in [0.25, 0.3) is 0 Å². The number of alkyl halides is 3. The number of imidazole rings is 1. The summed E-state index contributed by atoms with van der Waals surface area (Å²) < 4.78 is 40.9. The molecule has 29 heavy (non-hydrogen) atoms. The lowest BCUT2D eigenvalue weighted by Crippen LogP contribution is -2.56. The van der Waals surface area contributed by atoms with E-state index in [2.05, 4.69) is 25.8 Å². The minimum atomic E-state index is -4.18. The van der Waals surface area contributed by atoms with Gasteiger partial charge >= 0.3 is 6.18 Å². The Morgan fingerprint density at radius 2 is 1.93 bits per heavy atom. The number of nitrogens with one attached hydrogen (secondary N) is 1. The zero-order valence-corrected chi connectivity index (χ0v) is 17.0. The number of hydrogen-bond donors (Lipinski definition) is 1. The molecule has 1 aromatic heterocycles. The Morgan fingerprint density at radius 1 is 1.21 bits per heavy atom. The number of aromatic nitrogens is 2. The van der Waals surface area contributed by atoms with Gasteiger partial charge in [-0.05, 0) is 32.4 Å². The van der Waals surface area contributed by atoms with Crippen LogP contribution in [0.15, 0.2) is 35.6 Å². The van der Waals surface area contributed by atoms with Gasteiger partial charge in [0, 0.05) is 45.8 Å². The van der Waals surface area contributed by atoms with Gasteiger partial charge < -0.3 is 14.8 Å². The van der Waals surface area contributed by atoms with Crippen molar-refractivity contribution in [1.82, 2.24) is 24.7 Å². The highest BCUT2D eigenvalue weighted by atomic mass is 19.4. The first-order valence-electron chi connectivity index (χ1n) is 10.1. The lowest BCUT2D eigenvalue weighted by molar-refractivity contribution is -0.181. The zero-order chi connectivity index (χ0) is 20.9. The first-order valence-corrected chi connectivity index (χ1v) is 10.1. The van der Waals surface area contributed by atoms with Crippen LogP contribution in [-0.4, -0.2) is 76.8 Å². The Morgan fingerprint density at radius 3 is 2.62 bits per heavy atom. The topological polar surface area (TPSA) is 48.7 Å². The maximum atomic E-state index is 12.9. The Labute approximate surface area is 169 Å². The summed E-state index contributed by atoms with van der Waals surface area (Å²) in [7, 11) is 0. The molecule has 1 fully saturated rings. The second kappa shape index (κ2) is 9.47. The highest BCUT2D eigenvalue weighted by Gasteiger charge is 2.41. The lowest BCUT2D eigenvalue weighted by Gasteiger charge is -2.39. The van der Waals surface area contributed by atoms with Crippen LogP contribution in [0.1, 0.15) is 20.3 Å². The monoisotopic (exact) mass is 410 g/mol. The molecule has 2 aromatic rings. The summed E-state index contributed by atoms with van der Waals surface area (Å²) in [6.45, 7) is 7.26. The average Bonchev–Trinajstić information content (AvgIpc) is 3.12. The molecule has 0 aliphatic carbocycles. The second-order valence-corrected chi connectivity index (χ2v) is 7.26. The van der Waals surface area contributed by atoms with Gasteiger partial charge in [0.1, 0.15) is 6.04 Å². The van der Waals surface area contributed by atoms with Crippen molar-refractivity contribution >= 4 is 17.0 Å². The maximum Gasteiger partial charge on any atom is 0.403 e. The van der Waals surface area contributed by atoms with Crippen molar-refractivity contribution in [2.75, 3.05) is 39.3 Å². The van der Waals surface area contributed by atoms with Crippen LogP contribution in [0.25, 0.3) is 11.0 Å². The predicted molar refractivity (Wildman–Crippen MR) is 109 cm³/mol. The molecule has 0 amide bonds. The summed E-state index contributed by atoms with van der Waals surface area (Å²) in [5, 5.41) is 3.27. The minimum absolute atomic E-state index is 0.381. The third kappa shape index (κ3) is 5.41. The predicted octanol–water partition coefficient (Wildman–Crippen LogP) is 2.96. The third-order valence-electron chi connectivity index (χ3n) is 5.32. The van der Waals surface area contributed by atoms with Crippen molar-refractivity contribution in [3.05, 3.63) is 30.6 Å². The first kappa shape index (κ1) is 21.4. The molecule has 0 saturated carbocycles. The van der Waals surface area contributed by atoms with Crippen LogP contribution in [0, 0.1) is 0 Å². The van der Waals surface area contributed by atoms with Crippen LogP contribution in [0.2, 0.25) is 0 Å². The molecule has 160 valence electrons. The van der Waals surface area contributed by atoms with Crippen molar-refractivity contribution in [3.63, 3.8) is 0 Å². The minimum Gasteiger partial charge on any atom is -0.357 e. The maximum absolute atomic E-state index is 12.9. The number of nitrogens with zero attached hydrogens (tertiary/aromatic N) is 5. The van der Waals surface area contributed by atoms with E-state index in [1.165, 1.54) is 11.8 Å². The lowest BCUT2D eigenvalue weighted by atomic mass is 10.2. The number of piperazine rings is 1. The standard InChI is InChI=1S/C20H29F3N6/c1-3-24-19(28-13-11-27(12-14-28)16(2)20(21,22)23)25-9-6-10-29-15-26-17-7-4-5-8-18(17)29/h4-5,7-8,15-16H,3,6,9-14H2,1-2H3,(H,24,25). The number of guanidine groups is 1. The molecular formula is C20H29F3N6. The summed E-state index contributed by atoms with van der Waals surface area (Å²) in [4.78, 5) is 12.6. The summed E-state index contributed by atoms with van der Waals surface area (Å²) >= 11 is 0. The van der Waals surface area contributed by atoms with Crippen LogP contribution in [-0.2, 0) is 6.54 Å². The van der Waals surface area contributed by atoms with E-state index in [0.717, 1.165) is 36.5 Å². The van der Waals surface area contributed by atoms with Gasteiger partial charge in [0.15, 0.2) is 5.96 Å². The quantitative estimate of drug-likeness (QED) is 0.452. The fourth-order valence-electron chi connectivity index (χ4n) is 3.57. The van der Waals surface area contributed by atoms with E-state index in [1.54, 1.807) is 0 Å². The van der Waals surface area contributed by atoms with Gasteiger partial charge in [0.2, 0.25) is 0 Å². The number of fused-ring (bicyclic) bond motifs is 1. The summed E-state index contributed by atoms with van der Waals surface area (Å²) in [5.41, 5.74) is 2.09. The van der Waals surface area contributed by atoms with E-state index in [1.807, 2.05) is 31.5 Å². The number of aryl methyl sites for hydroxylation is 1. The van der Waals surface area contributed by atoms with E-state index < -0.39 is 12.2 Å². The molecule has 1 unspecified atom stereocenters. The molecule has 1 saturated heterocycles. The molecule has 1 atom stereocenters. The highest BCUT2D eigenvalue weighted by molar-refractivity contribution is 5.80. The SMILES string of the molecule is CCNC(=NCCCn1cnc2ccccc21)N1CCN(C(C)C(F)(F)F)CC1. The Bertz CT molecular complexity index is 808. The molecule has 0 bridgehead atoms. The van der Waals surface area contributed by atoms with E-state index in [9.17, 15) is 13.2 Å². The number of halogens is 3. The van der Waals surface area contributed by atoms with E-state index >= 15 is 0 Å². The largest absolute Gasteiger partial charge is 0.403 e. The van der Waals surface area contributed by atoms with Crippen molar-refractivity contribution in [3.8, 4) is 0 Å². The third-order valence-corrected chi connectivity index (χ3v) is 5.32. The number of para-hydroxylation sites is 2. The van der Waals surface area contributed by atoms with Crippen molar-refractivity contribution in [2.45, 2.75) is 39.0 Å². The molecule has 3 rings (SSSR count). The van der Waals surface area contributed by atoms with Crippen LogP contribution in [0.3, 0.4) is 0 Å². The molecule has 1 aliphatic heterocycles. The van der Waals surface area contributed by atoms with Crippen molar-refractivity contribution in [2.24, 2.45) is 4.99 Å². The van der Waals surface area contributed by atoms with Gasteiger partial charge in [-0.25, -0.2) is 4.98 Å². The molecule has 2 heterocycles. The number of aliphatic imine (C=N–C) groups is 1. The highest BCUT2D eigenvalue weighted by Crippen LogP contribution is 2.25. The summed E-state index contributed by atoms with van der Waals surface area (Å²) in [6.07, 6.45) is -1.47. The fraction of sp³-hybridized carbons (Fsp3) is 0.600. The van der Waals surface area contributed by atoms with Crippen molar-refractivity contribution in [1.29, 1.82) is 0 Å². The van der Waals surface area contributed by atoms with Gasteiger partial charge in [-0.15, -0.1) is 0 Å². The molecule has 0 radical (unpaired) electrons. The molecule has 9 heteroatoms. The molecule has 0 spiro atoms. The number of rotatable bonds is 6. The second-order valence-electron chi connectivity index (χ2n) is 7.26. The Balaban J connectivity index is 1.52. The molecule has 6 nitrogen and oxygen atoms in total. The zero-order valence-electron chi connectivity index (χ0n) is 17.0. The number of hydrogen-bond acceptors (Lipinski definition) is 3. The van der Waals surface area contributed by atoms with E-state index in [0.29, 0.717) is 32.7 Å². The van der Waals surface area contributed by atoms with Crippen LogP contribution >= 0.6 is 0 Å². The average molecular weight is 410 g/mol. The van der Waals surface area contributed by atoms with Crippen molar-refractivity contribution < 1.29 is 13.2 Å². The Kier molecular flexibility index (Phi) is 7.00. The summed E-state index contributed by atoms with van der Waals surface area (Å²) in [5.74, 6) is 0.780. The van der Waals surface area contributed by atoms with E-state index in [-0.39, 0.29) is 0 Å². The van der Waals surface area contributed by atoms with Crippen LogP contribution < -0.4 is 5.32 Å². The van der Waals surface area contributed by atoms with Gasteiger partial charge in [-0.2, -0.15) is 13.2 Å². The fourth-order valence-corrected chi connectivity index (χ4v) is 3.57. The molecular weight excluding hydrogens is 381 g/mol. The molecule has 1 aliphatic rings. The number of benzene rings is 1. The van der Waals surface area contributed by atoms with Gasteiger partial charge in [-0.3, -0.25) is 9.89 Å². The Hall–Kier alpha value is -2.29. The van der Waals surface area contributed by atoms with Gasteiger partial charge in [0.05, 0.1) is 17.4 Å². The van der Waals surface area contributed by atoms with Crippen LogP contribution in [0.4, 0.5) is 13.2 Å². The van der Waals surface area contributed by atoms with Gasteiger partial charge in [-0.1, -0.05) is 12.1 Å². The van der Waals surface area contributed by atoms with E-state index in [4.69, 9.17) is 4.99 Å². The normalized spacial score (nSPS) is 17.7.